The third-order valence-electron chi connectivity index (χ3n) is 2.05. The maximum Gasteiger partial charge on any atom is 0.233 e. The van der Waals surface area contributed by atoms with Gasteiger partial charge in [-0.15, -0.1) is 24.8 Å². The number of hydrogen-bond acceptors (Lipinski definition) is 4. The van der Waals surface area contributed by atoms with E-state index in [1.807, 2.05) is 18.2 Å². The molecule has 0 saturated heterocycles. The zero-order valence-corrected chi connectivity index (χ0v) is 11.9. The van der Waals surface area contributed by atoms with Crippen LogP contribution in [0.4, 0.5) is 0 Å². The fourth-order valence-electron chi connectivity index (χ4n) is 1.17. The minimum atomic E-state index is -0.262. The summed E-state index contributed by atoms with van der Waals surface area (Å²) in [4.78, 5) is 26.2. The molecule has 1 heterocycles. The van der Waals surface area contributed by atoms with E-state index in [1.54, 1.807) is 6.20 Å². The average Bonchev–Trinajstić information content (AvgIpc) is 2.37. The van der Waals surface area contributed by atoms with Crippen molar-refractivity contribution in [3.05, 3.63) is 30.1 Å². The second-order valence-corrected chi connectivity index (χ2v) is 3.40. The molecular formula is C11H18Cl2N4O2. The minimum Gasteiger partial charge on any atom is -0.354 e. The predicted octanol–water partition coefficient (Wildman–Crippen LogP) is 0.00640. The molecule has 0 spiro atoms. The van der Waals surface area contributed by atoms with Crippen LogP contribution in [-0.4, -0.2) is 29.9 Å². The van der Waals surface area contributed by atoms with Gasteiger partial charge in [-0.2, -0.15) is 0 Å². The van der Waals surface area contributed by atoms with Crippen molar-refractivity contribution in [3.8, 4) is 0 Å². The number of nitrogens with two attached hydrogens (primary N) is 1. The van der Waals surface area contributed by atoms with Gasteiger partial charge in [0.05, 0.1) is 18.8 Å². The van der Waals surface area contributed by atoms with E-state index in [0.29, 0.717) is 13.1 Å². The van der Waals surface area contributed by atoms with Gasteiger partial charge in [0.25, 0.3) is 0 Å². The lowest BCUT2D eigenvalue weighted by atomic mass is 10.3. The molecule has 0 aliphatic rings. The molecule has 4 N–H and O–H groups in total. The third kappa shape index (κ3) is 9.24. The van der Waals surface area contributed by atoms with Crippen molar-refractivity contribution in [2.45, 2.75) is 13.0 Å². The SMILES string of the molecule is Cl.Cl.NCC(=O)NCCC(=O)NCc1ccccn1. The number of nitrogens with one attached hydrogen (secondary N) is 2. The lowest BCUT2D eigenvalue weighted by Crippen LogP contribution is -2.34. The quantitative estimate of drug-likeness (QED) is 0.689. The first kappa shape index (κ1) is 20.0. The Hall–Kier alpha value is -1.37. The Morgan fingerprint density at radius 2 is 1.89 bits per heavy atom. The van der Waals surface area contributed by atoms with Gasteiger partial charge in [-0.3, -0.25) is 14.6 Å². The predicted molar refractivity (Wildman–Crippen MR) is 77.3 cm³/mol. The van der Waals surface area contributed by atoms with Crippen LogP contribution in [0, 0.1) is 0 Å². The van der Waals surface area contributed by atoms with Crippen molar-refractivity contribution in [1.82, 2.24) is 15.6 Å². The molecule has 0 unspecified atom stereocenters. The van der Waals surface area contributed by atoms with Crippen LogP contribution in [0.2, 0.25) is 0 Å². The first-order valence-corrected chi connectivity index (χ1v) is 5.35. The lowest BCUT2D eigenvalue weighted by Gasteiger charge is -2.05. The number of carbonyl (C=O) groups excluding carboxylic acids is 2. The summed E-state index contributed by atoms with van der Waals surface area (Å²) < 4.78 is 0. The Morgan fingerprint density at radius 1 is 1.16 bits per heavy atom. The van der Waals surface area contributed by atoms with Gasteiger partial charge in [0.15, 0.2) is 0 Å². The molecule has 1 aromatic heterocycles. The maximum absolute atomic E-state index is 11.4. The molecule has 0 aliphatic heterocycles. The molecule has 19 heavy (non-hydrogen) atoms. The van der Waals surface area contributed by atoms with Gasteiger partial charge >= 0.3 is 0 Å². The van der Waals surface area contributed by atoms with Crippen molar-refractivity contribution in [2.75, 3.05) is 13.1 Å². The highest BCUT2D eigenvalue weighted by Crippen LogP contribution is 1.92. The molecule has 0 bridgehead atoms. The van der Waals surface area contributed by atoms with Crippen LogP contribution in [0.3, 0.4) is 0 Å². The second-order valence-electron chi connectivity index (χ2n) is 3.40. The van der Waals surface area contributed by atoms with E-state index in [-0.39, 0.29) is 49.6 Å². The van der Waals surface area contributed by atoms with Crippen LogP contribution in [-0.2, 0) is 16.1 Å². The van der Waals surface area contributed by atoms with Crippen LogP contribution < -0.4 is 16.4 Å². The molecule has 0 atom stereocenters. The van der Waals surface area contributed by atoms with Gasteiger partial charge < -0.3 is 16.4 Å². The van der Waals surface area contributed by atoms with Crippen molar-refractivity contribution in [3.63, 3.8) is 0 Å². The van der Waals surface area contributed by atoms with Crippen molar-refractivity contribution < 1.29 is 9.59 Å². The summed E-state index contributed by atoms with van der Waals surface area (Å²) in [6.07, 6.45) is 1.90. The topological polar surface area (TPSA) is 97.1 Å². The highest BCUT2D eigenvalue weighted by molar-refractivity contribution is 5.85. The summed E-state index contributed by atoms with van der Waals surface area (Å²) in [7, 11) is 0. The van der Waals surface area contributed by atoms with E-state index in [4.69, 9.17) is 5.73 Å². The first-order valence-electron chi connectivity index (χ1n) is 5.35. The Labute approximate surface area is 124 Å². The highest BCUT2D eigenvalue weighted by Gasteiger charge is 2.02. The molecule has 1 aromatic rings. The molecule has 0 saturated carbocycles. The third-order valence-corrected chi connectivity index (χ3v) is 2.05. The van der Waals surface area contributed by atoms with Crippen LogP contribution in [0.5, 0.6) is 0 Å². The summed E-state index contributed by atoms with van der Waals surface area (Å²) in [5.74, 6) is -0.393. The molecule has 8 heteroatoms. The lowest BCUT2D eigenvalue weighted by molar-refractivity contribution is -0.121. The molecule has 2 amide bonds. The maximum atomic E-state index is 11.4. The number of hydrogen-bond donors (Lipinski definition) is 3. The Morgan fingerprint density at radius 3 is 2.47 bits per heavy atom. The van der Waals surface area contributed by atoms with Gasteiger partial charge in [-0.25, -0.2) is 0 Å². The molecule has 108 valence electrons. The smallest absolute Gasteiger partial charge is 0.233 e. The van der Waals surface area contributed by atoms with Gasteiger partial charge in [-0.05, 0) is 12.1 Å². The van der Waals surface area contributed by atoms with E-state index in [9.17, 15) is 9.59 Å². The Balaban J connectivity index is 0. The summed E-state index contributed by atoms with van der Waals surface area (Å²) in [5, 5.41) is 5.23. The number of pyridine rings is 1. The van der Waals surface area contributed by atoms with Crippen LogP contribution in [0.1, 0.15) is 12.1 Å². The summed E-state index contributed by atoms with van der Waals surface area (Å²) in [5.41, 5.74) is 5.90. The Kier molecular flexibility index (Phi) is 12.3. The van der Waals surface area contributed by atoms with Crippen molar-refractivity contribution in [2.24, 2.45) is 5.73 Å². The van der Waals surface area contributed by atoms with Gasteiger partial charge in [-0.1, -0.05) is 6.07 Å². The number of amides is 2. The number of rotatable bonds is 6. The average molecular weight is 309 g/mol. The Bertz CT molecular complexity index is 376. The molecule has 0 aliphatic carbocycles. The largest absolute Gasteiger partial charge is 0.354 e. The number of carbonyl (C=O) groups is 2. The molecule has 1 rings (SSSR count). The fraction of sp³-hybridized carbons (Fsp3) is 0.364. The fourth-order valence-corrected chi connectivity index (χ4v) is 1.17. The molecule has 6 nitrogen and oxygen atoms in total. The molecule has 0 fully saturated rings. The number of nitrogens with zero attached hydrogens (tertiary/aromatic N) is 1. The van der Waals surface area contributed by atoms with E-state index in [2.05, 4.69) is 15.6 Å². The second kappa shape index (κ2) is 11.7. The standard InChI is InChI=1S/C11H16N4O2.2ClH/c12-7-11(17)14-6-4-10(16)15-8-9-3-1-2-5-13-9;;/h1-3,5H,4,6-8,12H2,(H,14,17)(H,15,16);2*1H. The number of halogens is 2. The summed E-state index contributed by atoms with van der Waals surface area (Å²) in [6.45, 7) is 0.629. The van der Waals surface area contributed by atoms with E-state index in [0.717, 1.165) is 5.69 Å². The van der Waals surface area contributed by atoms with Crippen molar-refractivity contribution >= 4 is 36.6 Å². The highest BCUT2D eigenvalue weighted by atomic mass is 35.5. The summed E-state index contributed by atoms with van der Waals surface area (Å²) in [6, 6.07) is 5.50. The van der Waals surface area contributed by atoms with Crippen molar-refractivity contribution in [1.29, 1.82) is 0 Å². The van der Waals surface area contributed by atoms with Gasteiger partial charge in [0, 0.05) is 19.2 Å². The number of aromatic nitrogens is 1. The van der Waals surface area contributed by atoms with E-state index >= 15 is 0 Å². The monoisotopic (exact) mass is 308 g/mol. The van der Waals surface area contributed by atoms with E-state index < -0.39 is 0 Å². The van der Waals surface area contributed by atoms with Crippen LogP contribution in [0.15, 0.2) is 24.4 Å². The normalized spacial score (nSPS) is 8.68. The van der Waals surface area contributed by atoms with Crippen LogP contribution in [0.25, 0.3) is 0 Å². The zero-order valence-electron chi connectivity index (χ0n) is 10.3. The van der Waals surface area contributed by atoms with Gasteiger partial charge in [0.1, 0.15) is 0 Å². The van der Waals surface area contributed by atoms with Gasteiger partial charge in [0.2, 0.25) is 11.8 Å². The summed E-state index contributed by atoms with van der Waals surface area (Å²) >= 11 is 0. The van der Waals surface area contributed by atoms with E-state index in [1.165, 1.54) is 0 Å². The zero-order chi connectivity index (χ0) is 12.5. The first-order chi connectivity index (χ1) is 8.22. The minimum absolute atomic E-state index is 0. The molecular weight excluding hydrogens is 291 g/mol. The molecule has 0 aromatic carbocycles. The van der Waals surface area contributed by atoms with Crippen LogP contribution >= 0.6 is 24.8 Å². The molecule has 0 radical (unpaired) electrons.